The van der Waals surface area contributed by atoms with E-state index >= 15 is 0 Å². The third-order valence-corrected chi connectivity index (χ3v) is 3.35. The molecule has 1 saturated heterocycles. The van der Waals surface area contributed by atoms with Crippen molar-refractivity contribution in [3.8, 4) is 6.07 Å². The average molecular weight is 258 g/mol. The zero-order valence-electron chi connectivity index (χ0n) is 11.1. The van der Waals surface area contributed by atoms with Gasteiger partial charge in [-0.2, -0.15) is 5.26 Å². The van der Waals surface area contributed by atoms with Gasteiger partial charge in [0, 0.05) is 19.3 Å². The van der Waals surface area contributed by atoms with Crippen molar-refractivity contribution in [3.63, 3.8) is 0 Å². The molecule has 1 amide bonds. The number of hydrogen-bond donors (Lipinski definition) is 1. The number of carbonyl (C=O) groups is 1. The molecule has 19 heavy (non-hydrogen) atoms. The Balaban J connectivity index is 2.02. The molecule has 1 unspecified atom stereocenters. The molecule has 2 rings (SSSR count). The van der Waals surface area contributed by atoms with E-state index in [-0.39, 0.29) is 11.9 Å². The molecule has 1 aromatic heterocycles. The highest BCUT2D eigenvalue weighted by Crippen LogP contribution is 2.15. The molecule has 1 aromatic rings. The first-order chi connectivity index (χ1) is 9.22. The molecule has 2 heterocycles. The SMILES string of the molecule is CC(Nc1cnccc1C#N)C(=O)N1CCCCC1. The quantitative estimate of drug-likeness (QED) is 0.897. The number of carbonyl (C=O) groups excluding carboxylic acids is 1. The van der Waals surface area contributed by atoms with Gasteiger partial charge >= 0.3 is 0 Å². The fourth-order valence-corrected chi connectivity index (χ4v) is 2.29. The molecule has 1 aliphatic rings. The van der Waals surface area contributed by atoms with Crippen molar-refractivity contribution in [2.24, 2.45) is 0 Å². The van der Waals surface area contributed by atoms with E-state index in [1.54, 1.807) is 18.5 Å². The van der Waals surface area contributed by atoms with Gasteiger partial charge in [-0.1, -0.05) is 0 Å². The topological polar surface area (TPSA) is 69.0 Å². The highest BCUT2D eigenvalue weighted by molar-refractivity contribution is 5.84. The lowest BCUT2D eigenvalue weighted by molar-refractivity contribution is -0.132. The van der Waals surface area contributed by atoms with Crippen molar-refractivity contribution in [3.05, 3.63) is 24.0 Å². The van der Waals surface area contributed by atoms with Gasteiger partial charge in [0.1, 0.15) is 12.1 Å². The van der Waals surface area contributed by atoms with Crippen LogP contribution in [0.15, 0.2) is 18.5 Å². The molecule has 100 valence electrons. The summed E-state index contributed by atoms with van der Waals surface area (Å²) in [7, 11) is 0. The Bertz CT molecular complexity index is 488. The van der Waals surface area contributed by atoms with E-state index in [4.69, 9.17) is 5.26 Å². The van der Waals surface area contributed by atoms with Crippen LogP contribution < -0.4 is 5.32 Å². The number of hydrogen-bond acceptors (Lipinski definition) is 4. The molecule has 5 heteroatoms. The van der Waals surface area contributed by atoms with Crippen LogP contribution in [-0.4, -0.2) is 34.9 Å². The number of nitrogens with zero attached hydrogens (tertiary/aromatic N) is 3. The van der Waals surface area contributed by atoms with E-state index < -0.39 is 0 Å². The first kappa shape index (κ1) is 13.3. The number of anilines is 1. The summed E-state index contributed by atoms with van der Waals surface area (Å²) >= 11 is 0. The third-order valence-electron chi connectivity index (χ3n) is 3.35. The van der Waals surface area contributed by atoms with Gasteiger partial charge in [0.05, 0.1) is 17.4 Å². The van der Waals surface area contributed by atoms with Crippen molar-refractivity contribution in [1.29, 1.82) is 5.26 Å². The summed E-state index contributed by atoms with van der Waals surface area (Å²) < 4.78 is 0. The molecule has 1 N–H and O–H groups in total. The zero-order chi connectivity index (χ0) is 13.7. The standard InChI is InChI=1S/C14H18N4O/c1-11(14(19)18-7-3-2-4-8-18)17-13-10-16-6-5-12(13)9-15/h5-6,10-11,17H,2-4,7-8H2,1H3. The molecule has 0 radical (unpaired) electrons. The van der Waals surface area contributed by atoms with Crippen molar-refractivity contribution >= 4 is 11.6 Å². The molecule has 0 spiro atoms. The predicted molar refractivity (Wildman–Crippen MR) is 72.5 cm³/mol. The van der Waals surface area contributed by atoms with E-state index in [2.05, 4.69) is 16.4 Å². The number of likely N-dealkylation sites (tertiary alicyclic amines) is 1. The molecular weight excluding hydrogens is 240 g/mol. The van der Waals surface area contributed by atoms with E-state index in [1.807, 2.05) is 11.8 Å². The average Bonchev–Trinajstić information content (AvgIpc) is 2.48. The van der Waals surface area contributed by atoms with Gasteiger partial charge in [0.2, 0.25) is 5.91 Å². The molecule has 5 nitrogen and oxygen atoms in total. The molecule has 1 atom stereocenters. The Morgan fingerprint density at radius 2 is 2.21 bits per heavy atom. The van der Waals surface area contributed by atoms with Gasteiger partial charge in [0.15, 0.2) is 0 Å². The molecule has 0 aromatic carbocycles. The van der Waals surface area contributed by atoms with Crippen LogP contribution in [0.5, 0.6) is 0 Å². The fourth-order valence-electron chi connectivity index (χ4n) is 2.29. The number of nitriles is 1. The Kier molecular flexibility index (Phi) is 4.35. The number of piperidine rings is 1. The van der Waals surface area contributed by atoms with E-state index in [0.29, 0.717) is 11.3 Å². The number of aromatic nitrogens is 1. The summed E-state index contributed by atoms with van der Waals surface area (Å²) in [6, 6.07) is 3.39. The summed E-state index contributed by atoms with van der Waals surface area (Å²) in [5.74, 6) is 0.0902. The lowest BCUT2D eigenvalue weighted by Gasteiger charge is -2.29. The van der Waals surface area contributed by atoms with Crippen LogP contribution in [0.4, 0.5) is 5.69 Å². The molecule has 0 bridgehead atoms. The van der Waals surface area contributed by atoms with Crippen LogP contribution in [0, 0.1) is 11.3 Å². The largest absolute Gasteiger partial charge is 0.372 e. The monoisotopic (exact) mass is 258 g/mol. The molecule has 0 saturated carbocycles. The summed E-state index contributed by atoms with van der Waals surface area (Å²) in [5.41, 5.74) is 1.12. The smallest absolute Gasteiger partial charge is 0.244 e. The van der Waals surface area contributed by atoms with E-state index in [1.165, 1.54) is 6.42 Å². The van der Waals surface area contributed by atoms with E-state index in [0.717, 1.165) is 25.9 Å². The van der Waals surface area contributed by atoms with Crippen molar-refractivity contribution in [2.75, 3.05) is 18.4 Å². The van der Waals surface area contributed by atoms with Crippen LogP contribution in [0.3, 0.4) is 0 Å². The van der Waals surface area contributed by atoms with Crippen LogP contribution in [0.2, 0.25) is 0 Å². The fraction of sp³-hybridized carbons (Fsp3) is 0.500. The Morgan fingerprint density at radius 3 is 2.89 bits per heavy atom. The minimum Gasteiger partial charge on any atom is -0.372 e. The zero-order valence-corrected chi connectivity index (χ0v) is 11.1. The highest BCUT2D eigenvalue weighted by atomic mass is 16.2. The highest BCUT2D eigenvalue weighted by Gasteiger charge is 2.22. The van der Waals surface area contributed by atoms with Crippen LogP contribution in [-0.2, 0) is 4.79 Å². The maximum absolute atomic E-state index is 12.3. The lowest BCUT2D eigenvalue weighted by atomic mass is 10.1. The number of nitrogens with one attached hydrogen (secondary N) is 1. The first-order valence-electron chi connectivity index (χ1n) is 6.62. The summed E-state index contributed by atoms with van der Waals surface area (Å²) in [6.07, 6.45) is 6.51. The second-order valence-corrected chi connectivity index (χ2v) is 4.79. The Labute approximate surface area is 113 Å². The second kappa shape index (κ2) is 6.19. The number of pyridine rings is 1. The summed E-state index contributed by atoms with van der Waals surface area (Å²) in [4.78, 5) is 18.1. The Morgan fingerprint density at radius 1 is 1.47 bits per heavy atom. The third kappa shape index (κ3) is 3.22. The maximum atomic E-state index is 12.3. The molecule has 1 fully saturated rings. The summed E-state index contributed by atoms with van der Waals surface area (Å²) in [6.45, 7) is 3.50. The van der Waals surface area contributed by atoms with Gasteiger partial charge in [-0.05, 0) is 32.3 Å². The minimum absolute atomic E-state index is 0.0902. The normalized spacial score (nSPS) is 16.5. The lowest BCUT2D eigenvalue weighted by Crippen LogP contribution is -2.44. The minimum atomic E-state index is -0.339. The van der Waals surface area contributed by atoms with Gasteiger partial charge in [-0.3, -0.25) is 9.78 Å². The van der Waals surface area contributed by atoms with Crippen LogP contribution in [0.1, 0.15) is 31.7 Å². The maximum Gasteiger partial charge on any atom is 0.244 e. The second-order valence-electron chi connectivity index (χ2n) is 4.79. The molecule has 0 aliphatic carbocycles. The van der Waals surface area contributed by atoms with E-state index in [9.17, 15) is 4.79 Å². The van der Waals surface area contributed by atoms with Gasteiger partial charge in [-0.15, -0.1) is 0 Å². The van der Waals surface area contributed by atoms with Gasteiger partial charge < -0.3 is 10.2 Å². The van der Waals surface area contributed by atoms with Crippen molar-refractivity contribution < 1.29 is 4.79 Å². The Hall–Kier alpha value is -2.09. The first-order valence-corrected chi connectivity index (χ1v) is 6.62. The van der Waals surface area contributed by atoms with Gasteiger partial charge in [0.25, 0.3) is 0 Å². The number of rotatable bonds is 3. The van der Waals surface area contributed by atoms with Crippen LogP contribution in [0.25, 0.3) is 0 Å². The molecular formula is C14H18N4O. The van der Waals surface area contributed by atoms with Crippen LogP contribution >= 0.6 is 0 Å². The van der Waals surface area contributed by atoms with Crippen molar-refractivity contribution in [2.45, 2.75) is 32.2 Å². The van der Waals surface area contributed by atoms with Gasteiger partial charge in [-0.25, -0.2) is 0 Å². The molecule has 1 aliphatic heterocycles. The number of amides is 1. The van der Waals surface area contributed by atoms with Crippen molar-refractivity contribution in [1.82, 2.24) is 9.88 Å². The summed E-state index contributed by atoms with van der Waals surface area (Å²) in [5, 5.41) is 12.1. The predicted octanol–water partition coefficient (Wildman–Crippen LogP) is 1.77.